The zero-order valence-electron chi connectivity index (χ0n) is 24.3. The van der Waals surface area contributed by atoms with Gasteiger partial charge in [0.05, 0.1) is 5.41 Å². The van der Waals surface area contributed by atoms with Gasteiger partial charge in [-0.2, -0.15) is 0 Å². The SMILES string of the molecule is CC(=O)O[C@H]1CC[C@@]2(C)C(CC[C@]3(C)C2CC=C2[C@@H]4CC(C)(C)CC[C@]4(C(N)=O)CC[C@]23C)C1(C)C. The lowest BCUT2D eigenvalue weighted by Crippen LogP contribution is -2.65. The van der Waals surface area contributed by atoms with E-state index in [0.717, 1.165) is 51.4 Å². The lowest BCUT2D eigenvalue weighted by atomic mass is 9.33. The predicted molar refractivity (Wildman–Crippen MR) is 144 cm³/mol. The molecule has 0 bridgehead atoms. The third-order valence-corrected chi connectivity index (χ3v) is 13.4. The largest absolute Gasteiger partial charge is 0.462 e. The number of primary amides is 1. The van der Waals surface area contributed by atoms with Gasteiger partial charge in [-0.05, 0) is 104 Å². The van der Waals surface area contributed by atoms with Crippen LogP contribution in [0.2, 0.25) is 0 Å². The van der Waals surface area contributed by atoms with Gasteiger partial charge in [-0.3, -0.25) is 9.59 Å². The van der Waals surface area contributed by atoms with Crippen molar-refractivity contribution in [3.8, 4) is 0 Å². The summed E-state index contributed by atoms with van der Waals surface area (Å²) in [6.45, 7) is 18.7. The molecule has 0 saturated heterocycles. The zero-order valence-corrected chi connectivity index (χ0v) is 24.3. The maximum atomic E-state index is 13.0. The van der Waals surface area contributed by atoms with Crippen LogP contribution in [0.1, 0.15) is 120 Å². The Bertz CT molecular complexity index is 995. The molecule has 1 amide bonds. The minimum absolute atomic E-state index is 0.0121. The van der Waals surface area contributed by atoms with E-state index in [1.54, 1.807) is 12.5 Å². The van der Waals surface area contributed by atoms with E-state index >= 15 is 0 Å². The Balaban J connectivity index is 1.55. The lowest BCUT2D eigenvalue weighted by molar-refractivity contribution is -0.212. The molecule has 0 aromatic carbocycles. The normalized spacial score (nSPS) is 48.8. The third kappa shape index (κ3) is 3.30. The van der Waals surface area contributed by atoms with Gasteiger partial charge in [-0.25, -0.2) is 0 Å². The van der Waals surface area contributed by atoms with Gasteiger partial charge in [0, 0.05) is 12.3 Å². The fourth-order valence-electron chi connectivity index (χ4n) is 11.1. The van der Waals surface area contributed by atoms with Crippen molar-refractivity contribution in [2.45, 2.75) is 126 Å². The highest BCUT2D eigenvalue weighted by Gasteiger charge is 2.69. The van der Waals surface area contributed by atoms with Gasteiger partial charge < -0.3 is 10.5 Å². The number of esters is 1. The molecule has 36 heavy (non-hydrogen) atoms. The van der Waals surface area contributed by atoms with E-state index in [-0.39, 0.29) is 56.4 Å². The highest BCUT2D eigenvalue weighted by atomic mass is 16.5. The Morgan fingerprint density at radius 2 is 1.56 bits per heavy atom. The number of carbonyl (C=O) groups is 2. The van der Waals surface area contributed by atoms with Crippen molar-refractivity contribution < 1.29 is 14.3 Å². The van der Waals surface area contributed by atoms with Crippen molar-refractivity contribution in [3.05, 3.63) is 11.6 Å². The summed E-state index contributed by atoms with van der Waals surface area (Å²) in [5, 5.41) is 0. The average molecular weight is 498 g/mol. The summed E-state index contributed by atoms with van der Waals surface area (Å²) in [5.41, 5.74) is 8.21. The van der Waals surface area contributed by atoms with Crippen LogP contribution < -0.4 is 5.73 Å². The minimum Gasteiger partial charge on any atom is -0.462 e. The summed E-state index contributed by atoms with van der Waals surface area (Å²) in [7, 11) is 0. The summed E-state index contributed by atoms with van der Waals surface area (Å²) in [5.74, 6) is 1.23. The number of hydrogen-bond donors (Lipinski definition) is 1. The summed E-state index contributed by atoms with van der Waals surface area (Å²) in [6, 6.07) is 0. The smallest absolute Gasteiger partial charge is 0.302 e. The molecule has 5 aliphatic rings. The highest BCUT2D eigenvalue weighted by molar-refractivity contribution is 5.82. The van der Waals surface area contributed by atoms with Crippen LogP contribution in [-0.4, -0.2) is 18.0 Å². The number of amides is 1. The topological polar surface area (TPSA) is 69.4 Å². The van der Waals surface area contributed by atoms with Crippen molar-refractivity contribution in [3.63, 3.8) is 0 Å². The molecule has 0 aromatic heterocycles. The fraction of sp³-hybridized carbons (Fsp3) is 0.875. The molecule has 0 aliphatic heterocycles. The summed E-state index contributed by atoms with van der Waals surface area (Å²) in [4.78, 5) is 24.9. The zero-order chi connectivity index (χ0) is 26.5. The lowest BCUT2D eigenvalue weighted by Gasteiger charge is -2.71. The summed E-state index contributed by atoms with van der Waals surface area (Å²) >= 11 is 0. The standard InChI is InChI=1S/C32H51NO3/c1-20(34)36-25-12-13-29(6)23(28(25,4)5)11-14-31(8)24(29)10-9-21-22-19-27(2,3)15-17-32(22,26(33)35)18-16-30(21,31)7/h9,22-25H,10-19H2,1-8H3,(H2,33,35)/t22-,23?,24?,25-,29-,30+,31+,32-/m0/s1. The molecule has 0 heterocycles. The van der Waals surface area contributed by atoms with E-state index in [1.165, 1.54) is 12.8 Å². The van der Waals surface area contributed by atoms with Crippen molar-refractivity contribution in [1.82, 2.24) is 0 Å². The van der Waals surface area contributed by atoms with Gasteiger partial charge in [-0.1, -0.05) is 60.1 Å². The number of allylic oxidation sites excluding steroid dienone is 2. The molecular formula is C32H51NO3. The van der Waals surface area contributed by atoms with Crippen LogP contribution >= 0.6 is 0 Å². The summed E-state index contributed by atoms with van der Waals surface area (Å²) in [6.07, 6.45) is 13.3. The Morgan fingerprint density at radius 1 is 0.889 bits per heavy atom. The van der Waals surface area contributed by atoms with E-state index in [0.29, 0.717) is 11.8 Å². The van der Waals surface area contributed by atoms with Crippen molar-refractivity contribution in [2.75, 3.05) is 0 Å². The predicted octanol–water partition coefficient (Wildman–Crippen LogP) is 7.21. The van der Waals surface area contributed by atoms with Gasteiger partial charge in [0.2, 0.25) is 5.91 Å². The molecule has 0 radical (unpaired) electrons. The first kappa shape index (κ1) is 26.3. The van der Waals surface area contributed by atoms with E-state index in [1.807, 2.05) is 0 Å². The second-order valence-electron chi connectivity index (χ2n) is 15.7. The van der Waals surface area contributed by atoms with Gasteiger partial charge in [0.15, 0.2) is 0 Å². The fourth-order valence-corrected chi connectivity index (χ4v) is 11.1. The molecule has 4 fully saturated rings. The number of ether oxygens (including phenoxy) is 1. The molecule has 5 aliphatic carbocycles. The van der Waals surface area contributed by atoms with Crippen LogP contribution in [-0.2, 0) is 14.3 Å². The van der Waals surface area contributed by atoms with Gasteiger partial charge in [0.1, 0.15) is 6.10 Å². The quantitative estimate of drug-likeness (QED) is 0.324. The van der Waals surface area contributed by atoms with Crippen LogP contribution in [0.3, 0.4) is 0 Å². The minimum atomic E-state index is -0.352. The van der Waals surface area contributed by atoms with Crippen LogP contribution in [0.4, 0.5) is 0 Å². The molecule has 0 aromatic rings. The van der Waals surface area contributed by atoms with Gasteiger partial charge in [0.25, 0.3) is 0 Å². The second-order valence-corrected chi connectivity index (χ2v) is 15.7. The number of rotatable bonds is 2. The van der Waals surface area contributed by atoms with Crippen molar-refractivity contribution in [2.24, 2.45) is 56.0 Å². The Labute approximate surface area is 219 Å². The van der Waals surface area contributed by atoms with Gasteiger partial charge in [-0.15, -0.1) is 0 Å². The molecule has 4 saturated carbocycles. The van der Waals surface area contributed by atoms with Crippen LogP contribution in [0.25, 0.3) is 0 Å². The monoisotopic (exact) mass is 497 g/mol. The van der Waals surface area contributed by atoms with E-state index < -0.39 is 0 Å². The first-order chi connectivity index (χ1) is 16.5. The Kier molecular flexibility index (Phi) is 5.74. The number of hydrogen-bond acceptors (Lipinski definition) is 3. The molecule has 202 valence electrons. The molecule has 5 rings (SSSR count). The average Bonchev–Trinajstić information content (AvgIpc) is 2.75. The molecule has 8 atom stereocenters. The molecule has 0 spiro atoms. The van der Waals surface area contributed by atoms with Crippen LogP contribution in [0.15, 0.2) is 11.6 Å². The van der Waals surface area contributed by atoms with Gasteiger partial charge >= 0.3 is 5.97 Å². The Morgan fingerprint density at radius 3 is 2.19 bits per heavy atom. The third-order valence-electron chi connectivity index (χ3n) is 13.4. The first-order valence-corrected chi connectivity index (χ1v) is 14.7. The van der Waals surface area contributed by atoms with E-state index in [9.17, 15) is 9.59 Å². The highest BCUT2D eigenvalue weighted by Crippen LogP contribution is 2.75. The number of fused-ring (bicyclic) bond motifs is 7. The van der Waals surface area contributed by atoms with Crippen LogP contribution in [0, 0.1) is 50.2 Å². The molecule has 2 N–H and O–H groups in total. The number of nitrogens with two attached hydrogens (primary N) is 1. The summed E-state index contributed by atoms with van der Waals surface area (Å²) < 4.78 is 5.88. The molecular weight excluding hydrogens is 446 g/mol. The second kappa shape index (κ2) is 7.85. The molecule has 4 heteroatoms. The maximum Gasteiger partial charge on any atom is 0.302 e. The number of carbonyl (C=O) groups excluding carboxylic acids is 2. The van der Waals surface area contributed by atoms with E-state index in [2.05, 4.69) is 54.5 Å². The molecule has 2 unspecified atom stereocenters. The van der Waals surface area contributed by atoms with Crippen molar-refractivity contribution in [1.29, 1.82) is 0 Å². The maximum absolute atomic E-state index is 13.0. The molecule has 4 nitrogen and oxygen atoms in total. The van der Waals surface area contributed by atoms with Crippen molar-refractivity contribution >= 4 is 11.9 Å². The Hall–Kier alpha value is -1.32. The van der Waals surface area contributed by atoms with Crippen LogP contribution in [0.5, 0.6) is 0 Å². The van der Waals surface area contributed by atoms with E-state index in [4.69, 9.17) is 10.5 Å². The first-order valence-electron chi connectivity index (χ1n) is 14.7.